The third-order valence-corrected chi connectivity index (χ3v) is 5.46. The largest absolute Gasteiger partial charge is 0.394 e. The molecule has 1 saturated heterocycles. The van der Waals surface area contributed by atoms with Crippen LogP contribution in [0.2, 0.25) is 5.02 Å². The molecular formula is C23H25ClO6. The molecule has 2 aromatic carbocycles. The summed E-state index contributed by atoms with van der Waals surface area (Å²) in [5.74, 6) is 5.92. The molecule has 0 aromatic heterocycles. The van der Waals surface area contributed by atoms with Gasteiger partial charge in [0.2, 0.25) is 0 Å². The van der Waals surface area contributed by atoms with E-state index in [1.165, 1.54) is 0 Å². The van der Waals surface area contributed by atoms with Gasteiger partial charge in [0.25, 0.3) is 0 Å². The van der Waals surface area contributed by atoms with Gasteiger partial charge >= 0.3 is 0 Å². The Morgan fingerprint density at radius 2 is 1.77 bits per heavy atom. The van der Waals surface area contributed by atoms with Gasteiger partial charge in [0.05, 0.1) is 6.61 Å². The molecular weight excluding hydrogens is 408 g/mol. The van der Waals surface area contributed by atoms with Gasteiger partial charge in [-0.1, -0.05) is 47.7 Å². The summed E-state index contributed by atoms with van der Waals surface area (Å²) in [4.78, 5) is 0. The summed E-state index contributed by atoms with van der Waals surface area (Å²) in [6.45, 7) is -0.0936. The molecule has 4 N–H and O–H groups in total. The molecule has 0 saturated carbocycles. The molecule has 1 aliphatic rings. The normalized spacial score (nSPS) is 26.1. The summed E-state index contributed by atoms with van der Waals surface area (Å²) >= 11 is 6.38. The van der Waals surface area contributed by atoms with Crippen molar-refractivity contribution >= 4 is 11.6 Å². The second-order valence-corrected chi connectivity index (χ2v) is 7.62. The molecule has 2 aromatic rings. The zero-order chi connectivity index (χ0) is 21.7. The molecule has 1 fully saturated rings. The van der Waals surface area contributed by atoms with Crippen LogP contribution in [-0.2, 0) is 15.9 Å². The van der Waals surface area contributed by atoms with Crippen molar-refractivity contribution in [2.45, 2.75) is 36.9 Å². The second kappa shape index (κ2) is 10.4. The van der Waals surface area contributed by atoms with Crippen LogP contribution in [-0.4, -0.2) is 65.2 Å². The summed E-state index contributed by atoms with van der Waals surface area (Å²) in [6.07, 6.45) is -5.45. The Kier molecular flexibility index (Phi) is 7.87. The Balaban J connectivity index is 1.79. The number of aliphatic hydroxyl groups excluding tert-OH is 4. The number of rotatable bonds is 5. The average Bonchev–Trinajstić information content (AvgIpc) is 2.75. The lowest BCUT2D eigenvalue weighted by atomic mass is 9.90. The molecule has 0 spiro atoms. The minimum absolute atomic E-state index is 0.377. The quantitative estimate of drug-likeness (QED) is 0.534. The van der Waals surface area contributed by atoms with Crippen molar-refractivity contribution in [3.63, 3.8) is 0 Å². The van der Waals surface area contributed by atoms with Gasteiger partial charge in [0.15, 0.2) is 0 Å². The van der Waals surface area contributed by atoms with E-state index in [1.807, 2.05) is 24.3 Å². The van der Waals surface area contributed by atoms with E-state index in [2.05, 4.69) is 11.8 Å². The van der Waals surface area contributed by atoms with Crippen molar-refractivity contribution in [3.8, 4) is 11.8 Å². The molecule has 160 valence electrons. The fraction of sp³-hybridized carbons (Fsp3) is 0.391. The molecule has 0 aliphatic carbocycles. The molecule has 6 nitrogen and oxygen atoms in total. The Morgan fingerprint density at radius 1 is 1.03 bits per heavy atom. The Morgan fingerprint density at radius 3 is 2.43 bits per heavy atom. The number of benzene rings is 2. The number of aliphatic hydroxyl groups is 4. The molecule has 30 heavy (non-hydrogen) atoms. The summed E-state index contributed by atoms with van der Waals surface area (Å²) < 4.78 is 10.6. The lowest BCUT2D eigenvalue weighted by Gasteiger charge is -2.40. The SMILES string of the molecule is COCC#Cc1ccc(Cc2cc(C3O[C@H](CO)[C@@H](O)[C@H](O)[C@H]3O)ccc2Cl)cc1. The van der Waals surface area contributed by atoms with E-state index in [4.69, 9.17) is 21.1 Å². The minimum Gasteiger partial charge on any atom is -0.394 e. The summed E-state index contributed by atoms with van der Waals surface area (Å²) in [6, 6.07) is 13.0. The topological polar surface area (TPSA) is 99.4 Å². The van der Waals surface area contributed by atoms with E-state index < -0.39 is 37.1 Å². The van der Waals surface area contributed by atoms with Gasteiger partial charge in [-0.25, -0.2) is 0 Å². The zero-order valence-corrected chi connectivity index (χ0v) is 17.3. The first-order valence-electron chi connectivity index (χ1n) is 9.60. The predicted molar refractivity (Wildman–Crippen MR) is 112 cm³/mol. The van der Waals surface area contributed by atoms with E-state index in [0.717, 1.165) is 16.7 Å². The van der Waals surface area contributed by atoms with Crippen LogP contribution in [0.4, 0.5) is 0 Å². The first kappa shape index (κ1) is 22.7. The molecule has 5 atom stereocenters. The number of ether oxygens (including phenoxy) is 2. The van der Waals surface area contributed by atoms with Crippen LogP contribution in [0.3, 0.4) is 0 Å². The van der Waals surface area contributed by atoms with Crippen LogP contribution in [0.5, 0.6) is 0 Å². The highest BCUT2D eigenvalue weighted by atomic mass is 35.5. The zero-order valence-electron chi connectivity index (χ0n) is 16.5. The average molecular weight is 433 g/mol. The third-order valence-electron chi connectivity index (χ3n) is 5.09. The molecule has 0 bridgehead atoms. The van der Waals surface area contributed by atoms with Crippen LogP contribution in [0.1, 0.15) is 28.4 Å². The lowest BCUT2D eigenvalue weighted by molar-refractivity contribution is -0.231. The fourth-order valence-electron chi connectivity index (χ4n) is 3.42. The molecule has 3 rings (SSSR count). The van der Waals surface area contributed by atoms with Crippen LogP contribution in [0.15, 0.2) is 42.5 Å². The maximum atomic E-state index is 10.4. The van der Waals surface area contributed by atoms with Crippen LogP contribution in [0, 0.1) is 11.8 Å². The van der Waals surface area contributed by atoms with E-state index in [9.17, 15) is 20.4 Å². The van der Waals surface area contributed by atoms with Crippen molar-refractivity contribution in [1.29, 1.82) is 0 Å². The highest BCUT2D eigenvalue weighted by molar-refractivity contribution is 6.31. The third kappa shape index (κ3) is 5.20. The molecule has 7 heteroatoms. The number of hydrogen-bond acceptors (Lipinski definition) is 6. The van der Waals surface area contributed by atoms with Crippen molar-refractivity contribution < 1.29 is 29.9 Å². The van der Waals surface area contributed by atoms with Crippen LogP contribution < -0.4 is 0 Å². The smallest absolute Gasteiger partial charge is 0.113 e. The molecule has 1 aliphatic heterocycles. The standard InChI is InChI=1S/C23H25ClO6/c1-29-10-2-3-14-4-6-15(7-5-14)11-17-12-16(8-9-18(17)24)23-22(28)21(27)20(26)19(13-25)30-23/h4-9,12,19-23,25-28H,10-11,13H2,1H3/t19-,20-,21+,22-,23?/m1/s1. The molecule has 0 radical (unpaired) electrons. The van der Waals surface area contributed by atoms with Gasteiger partial charge < -0.3 is 29.9 Å². The first-order chi connectivity index (χ1) is 14.4. The van der Waals surface area contributed by atoms with Gasteiger partial charge in [0.1, 0.15) is 37.1 Å². The number of hydrogen-bond donors (Lipinski definition) is 4. The molecule has 1 heterocycles. The van der Waals surface area contributed by atoms with Crippen molar-refractivity contribution in [2.75, 3.05) is 20.3 Å². The Bertz CT molecular complexity index is 902. The Hall–Kier alpha value is -1.95. The minimum atomic E-state index is -1.42. The molecule has 1 unspecified atom stereocenters. The maximum absolute atomic E-state index is 10.4. The summed E-state index contributed by atoms with van der Waals surface area (Å²) in [7, 11) is 1.60. The van der Waals surface area contributed by atoms with Gasteiger partial charge in [0, 0.05) is 17.7 Å². The summed E-state index contributed by atoms with van der Waals surface area (Å²) in [5, 5.41) is 40.4. The number of methoxy groups -OCH3 is 1. The lowest BCUT2D eigenvalue weighted by Crippen LogP contribution is -2.55. The highest BCUT2D eigenvalue weighted by Crippen LogP contribution is 2.34. The van der Waals surface area contributed by atoms with Crippen molar-refractivity contribution in [3.05, 3.63) is 69.7 Å². The Labute approximate surface area is 180 Å². The van der Waals surface area contributed by atoms with Crippen molar-refractivity contribution in [1.82, 2.24) is 0 Å². The van der Waals surface area contributed by atoms with Gasteiger partial charge in [-0.2, -0.15) is 0 Å². The van der Waals surface area contributed by atoms with E-state index in [1.54, 1.807) is 25.3 Å². The van der Waals surface area contributed by atoms with E-state index in [-0.39, 0.29) is 0 Å². The van der Waals surface area contributed by atoms with Crippen LogP contribution >= 0.6 is 11.6 Å². The van der Waals surface area contributed by atoms with E-state index >= 15 is 0 Å². The van der Waals surface area contributed by atoms with Crippen molar-refractivity contribution in [2.24, 2.45) is 0 Å². The van der Waals surface area contributed by atoms with Crippen LogP contribution in [0.25, 0.3) is 0 Å². The monoisotopic (exact) mass is 432 g/mol. The molecule has 0 amide bonds. The highest BCUT2D eigenvalue weighted by Gasteiger charge is 2.43. The number of halogens is 1. The fourth-order valence-corrected chi connectivity index (χ4v) is 3.60. The first-order valence-corrected chi connectivity index (χ1v) is 9.98. The van der Waals surface area contributed by atoms with Gasteiger partial charge in [-0.15, -0.1) is 0 Å². The van der Waals surface area contributed by atoms with Gasteiger partial charge in [-0.05, 0) is 41.3 Å². The van der Waals surface area contributed by atoms with Gasteiger partial charge in [-0.3, -0.25) is 0 Å². The maximum Gasteiger partial charge on any atom is 0.113 e. The second-order valence-electron chi connectivity index (χ2n) is 7.21. The van der Waals surface area contributed by atoms with E-state index in [0.29, 0.717) is 23.6 Å². The predicted octanol–water partition coefficient (Wildman–Crippen LogP) is 1.44. The summed E-state index contributed by atoms with van der Waals surface area (Å²) in [5.41, 5.74) is 3.34.